The molecule has 0 aliphatic heterocycles. The van der Waals surface area contributed by atoms with Gasteiger partial charge in [0.05, 0.1) is 10.8 Å². The van der Waals surface area contributed by atoms with Crippen LogP contribution in [-0.4, -0.2) is 11.6 Å². The fourth-order valence-electron chi connectivity index (χ4n) is 4.76. The van der Waals surface area contributed by atoms with E-state index in [-0.39, 0.29) is 11.6 Å². The molecule has 0 atom stereocenters. The van der Waals surface area contributed by atoms with Gasteiger partial charge in [-0.1, -0.05) is 55.4 Å². The Bertz CT molecular complexity index is 339. The summed E-state index contributed by atoms with van der Waals surface area (Å²) in [5, 5.41) is 0. The summed E-state index contributed by atoms with van der Waals surface area (Å²) in [5.74, 6) is 2.03. The van der Waals surface area contributed by atoms with Crippen LogP contribution in [0.4, 0.5) is 0 Å². The van der Waals surface area contributed by atoms with Crippen molar-refractivity contribution in [1.29, 1.82) is 0 Å². The van der Waals surface area contributed by atoms with Crippen LogP contribution in [0.3, 0.4) is 0 Å². The molecule has 0 radical (unpaired) electrons. The zero-order valence-corrected chi connectivity index (χ0v) is 16.0. The molecular formula is C20H36O2. The standard InChI is InChI=1S/C20H36O2/c1-13(2)9-19(10-14(3)4)17(21)20(18(19)22,11-15(5)6)12-16(7)8/h13-16H,9-12H2,1-8H3. The van der Waals surface area contributed by atoms with E-state index in [9.17, 15) is 9.59 Å². The van der Waals surface area contributed by atoms with Gasteiger partial charge >= 0.3 is 0 Å². The van der Waals surface area contributed by atoms with Gasteiger partial charge in [-0.3, -0.25) is 9.59 Å². The molecule has 0 bridgehead atoms. The first-order valence-electron chi connectivity index (χ1n) is 9.07. The lowest BCUT2D eigenvalue weighted by Gasteiger charge is -2.55. The third-order valence-electron chi connectivity index (χ3n) is 4.77. The van der Waals surface area contributed by atoms with E-state index in [4.69, 9.17) is 0 Å². The topological polar surface area (TPSA) is 34.1 Å². The van der Waals surface area contributed by atoms with Gasteiger partial charge in [0.15, 0.2) is 11.6 Å². The highest BCUT2D eigenvalue weighted by molar-refractivity contribution is 6.30. The summed E-state index contributed by atoms with van der Waals surface area (Å²) in [7, 11) is 0. The van der Waals surface area contributed by atoms with Crippen LogP contribution in [0.5, 0.6) is 0 Å². The van der Waals surface area contributed by atoms with Gasteiger partial charge in [0.25, 0.3) is 0 Å². The van der Waals surface area contributed by atoms with Gasteiger partial charge in [-0.2, -0.15) is 0 Å². The maximum Gasteiger partial charge on any atom is 0.160 e. The molecule has 2 heteroatoms. The first-order chi connectivity index (χ1) is 9.98. The van der Waals surface area contributed by atoms with Crippen molar-refractivity contribution < 1.29 is 9.59 Å². The van der Waals surface area contributed by atoms with Gasteiger partial charge in [-0.25, -0.2) is 0 Å². The Kier molecular flexibility index (Phi) is 6.03. The summed E-state index contributed by atoms with van der Waals surface area (Å²) >= 11 is 0. The SMILES string of the molecule is CC(C)CC1(CC(C)C)C(=O)C(CC(C)C)(CC(C)C)C1=O. The predicted octanol–water partition coefficient (Wildman–Crippen LogP) is 5.30. The molecule has 1 rings (SSSR count). The molecule has 0 spiro atoms. The fraction of sp³-hybridized carbons (Fsp3) is 0.900. The second-order valence-corrected chi connectivity index (χ2v) is 9.21. The molecule has 0 aromatic rings. The normalized spacial score (nSPS) is 20.4. The third-order valence-corrected chi connectivity index (χ3v) is 4.77. The van der Waals surface area contributed by atoms with Crippen molar-refractivity contribution in [2.75, 3.05) is 0 Å². The monoisotopic (exact) mass is 308 g/mol. The minimum atomic E-state index is -0.688. The first-order valence-corrected chi connectivity index (χ1v) is 9.07. The molecule has 1 aliphatic rings. The van der Waals surface area contributed by atoms with E-state index in [0.29, 0.717) is 23.7 Å². The molecule has 1 fully saturated rings. The lowest BCUT2D eigenvalue weighted by Crippen LogP contribution is -2.68. The number of rotatable bonds is 8. The highest BCUT2D eigenvalue weighted by Crippen LogP contribution is 2.58. The van der Waals surface area contributed by atoms with Gasteiger partial charge in [0, 0.05) is 0 Å². The average molecular weight is 309 g/mol. The van der Waals surface area contributed by atoms with Crippen LogP contribution < -0.4 is 0 Å². The van der Waals surface area contributed by atoms with E-state index in [1.54, 1.807) is 0 Å². The molecule has 128 valence electrons. The maximum atomic E-state index is 13.3. The van der Waals surface area contributed by atoms with Crippen LogP contribution in [0.1, 0.15) is 81.1 Å². The molecule has 1 aliphatic carbocycles. The molecule has 0 N–H and O–H groups in total. The van der Waals surface area contributed by atoms with Crippen LogP contribution in [-0.2, 0) is 9.59 Å². The van der Waals surface area contributed by atoms with E-state index < -0.39 is 10.8 Å². The Morgan fingerprint density at radius 3 is 0.864 bits per heavy atom. The Balaban J connectivity index is 3.20. The highest BCUT2D eigenvalue weighted by Gasteiger charge is 2.70. The van der Waals surface area contributed by atoms with Gasteiger partial charge in [-0.05, 0) is 49.4 Å². The minimum absolute atomic E-state index is 0.259. The second kappa shape index (κ2) is 6.84. The van der Waals surface area contributed by atoms with Crippen molar-refractivity contribution in [3.05, 3.63) is 0 Å². The fourth-order valence-corrected chi connectivity index (χ4v) is 4.76. The zero-order valence-electron chi connectivity index (χ0n) is 16.0. The summed E-state index contributed by atoms with van der Waals surface area (Å²) in [5.41, 5.74) is -1.38. The van der Waals surface area contributed by atoms with E-state index in [1.165, 1.54) is 0 Å². The van der Waals surface area contributed by atoms with E-state index in [0.717, 1.165) is 25.7 Å². The van der Waals surface area contributed by atoms with Crippen molar-refractivity contribution in [3.8, 4) is 0 Å². The Morgan fingerprint density at radius 2 is 0.727 bits per heavy atom. The van der Waals surface area contributed by atoms with Crippen molar-refractivity contribution in [2.24, 2.45) is 34.5 Å². The van der Waals surface area contributed by atoms with E-state index in [2.05, 4.69) is 55.4 Å². The second-order valence-electron chi connectivity index (χ2n) is 9.21. The van der Waals surface area contributed by atoms with Gasteiger partial charge in [-0.15, -0.1) is 0 Å². The lowest BCUT2D eigenvalue weighted by molar-refractivity contribution is -0.177. The summed E-state index contributed by atoms with van der Waals surface area (Å²) < 4.78 is 0. The van der Waals surface area contributed by atoms with Crippen molar-refractivity contribution in [2.45, 2.75) is 81.1 Å². The molecule has 0 aromatic heterocycles. The molecule has 0 aromatic carbocycles. The Hall–Kier alpha value is -0.660. The zero-order chi connectivity index (χ0) is 17.3. The van der Waals surface area contributed by atoms with Crippen molar-refractivity contribution in [3.63, 3.8) is 0 Å². The number of ketones is 2. The number of carbonyl (C=O) groups is 2. The average Bonchev–Trinajstić information content (AvgIpc) is 2.33. The van der Waals surface area contributed by atoms with E-state index in [1.807, 2.05) is 0 Å². The van der Waals surface area contributed by atoms with Gasteiger partial charge in [0.1, 0.15) is 0 Å². The third kappa shape index (κ3) is 3.46. The lowest BCUT2D eigenvalue weighted by atomic mass is 9.43. The maximum absolute atomic E-state index is 13.3. The summed E-state index contributed by atoms with van der Waals surface area (Å²) in [6.45, 7) is 16.9. The van der Waals surface area contributed by atoms with Gasteiger partial charge in [0.2, 0.25) is 0 Å². The summed E-state index contributed by atoms with van der Waals surface area (Å²) in [6.07, 6.45) is 2.89. The largest absolute Gasteiger partial charge is 0.297 e. The molecule has 1 saturated carbocycles. The number of hydrogen-bond donors (Lipinski definition) is 0. The van der Waals surface area contributed by atoms with E-state index >= 15 is 0 Å². The molecule has 22 heavy (non-hydrogen) atoms. The Morgan fingerprint density at radius 1 is 0.545 bits per heavy atom. The number of Topliss-reactive ketones (excluding diaryl/α,β-unsaturated/α-hetero) is 2. The quantitative estimate of drug-likeness (QED) is 0.570. The summed E-state index contributed by atoms with van der Waals surface area (Å²) in [6, 6.07) is 0. The molecular weight excluding hydrogens is 272 g/mol. The van der Waals surface area contributed by atoms with Crippen molar-refractivity contribution in [1.82, 2.24) is 0 Å². The molecule has 0 heterocycles. The van der Waals surface area contributed by atoms with Gasteiger partial charge < -0.3 is 0 Å². The predicted molar refractivity (Wildman–Crippen MR) is 92.7 cm³/mol. The molecule has 0 unspecified atom stereocenters. The summed E-state index contributed by atoms with van der Waals surface area (Å²) in [4.78, 5) is 26.7. The van der Waals surface area contributed by atoms with Crippen LogP contribution >= 0.6 is 0 Å². The molecule has 0 saturated heterocycles. The van der Waals surface area contributed by atoms with Crippen LogP contribution in [0.15, 0.2) is 0 Å². The minimum Gasteiger partial charge on any atom is -0.297 e. The number of hydrogen-bond acceptors (Lipinski definition) is 2. The van der Waals surface area contributed by atoms with Crippen LogP contribution in [0, 0.1) is 34.5 Å². The van der Waals surface area contributed by atoms with Crippen LogP contribution in [0.25, 0.3) is 0 Å². The Labute approximate surface area is 137 Å². The highest BCUT2D eigenvalue weighted by atomic mass is 16.2. The van der Waals surface area contributed by atoms with Crippen molar-refractivity contribution >= 4 is 11.6 Å². The molecule has 0 amide bonds. The smallest absolute Gasteiger partial charge is 0.160 e. The molecule has 2 nitrogen and oxygen atoms in total. The first kappa shape index (κ1) is 19.4. The number of carbonyl (C=O) groups excluding carboxylic acids is 2. The van der Waals surface area contributed by atoms with Crippen LogP contribution in [0.2, 0.25) is 0 Å².